The summed E-state index contributed by atoms with van der Waals surface area (Å²) in [6.45, 7) is 0.100. The summed E-state index contributed by atoms with van der Waals surface area (Å²) >= 11 is 5.66. The molecular formula is C11H11ClFNO4S. The smallest absolute Gasteiger partial charge is 0.302 e. The summed E-state index contributed by atoms with van der Waals surface area (Å²) in [5.74, 6) is -1.74. The molecule has 1 N–H and O–H groups in total. The van der Waals surface area contributed by atoms with Gasteiger partial charge in [-0.2, -0.15) is 8.42 Å². The molecule has 1 aromatic carbocycles. The molecule has 0 spiro atoms. The normalized spacial score (nSPS) is 20.0. The van der Waals surface area contributed by atoms with Crippen molar-refractivity contribution in [3.05, 3.63) is 23.2 Å². The summed E-state index contributed by atoms with van der Waals surface area (Å²) in [6, 6.07) is 4.28. The first kappa shape index (κ1) is 14.1. The summed E-state index contributed by atoms with van der Waals surface area (Å²) in [6.07, 6.45) is -0.0352. The first-order valence-corrected chi connectivity index (χ1v) is 7.40. The number of rotatable bonds is 3. The number of carbonyl (C=O) groups is 1. The molecule has 0 saturated carbocycles. The molecule has 1 amide bonds. The van der Waals surface area contributed by atoms with Gasteiger partial charge >= 0.3 is 10.2 Å². The van der Waals surface area contributed by atoms with Crippen molar-refractivity contribution in [3.8, 4) is 5.75 Å². The number of amides is 1. The van der Waals surface area contributed by atoms with Crippen LogP contribution in [0.5, 0.6) is 5.75 Å². The number of phenols is 1. The second kappa shape index (κ2) is 4.97. The van der Waals surface area contributed by atoms with Crippen molar-refractivity contribution >= 4 is 33.4 Å². The van der Waals surface area contributed by atoms with Gasteiger partial charge in [0, 0.05) is 30.6 Å². The lowest BCUT2D eigenvalue weighted by atomic mass is 10.1. The number of hydrogen-bond acceptors (Lipinski definition) is 4. The van der Waals surface area contributed by atoms with Gasteiger partial charge < -0.3 is 10.0 Å². The van der Waals surface area contributed by atoms with Crippen molar-refractivity contribution < 1.29 is 22.2 Å². The lowest BCUT2D eigenvalue weighted by molar-refractivity contribution is -0.117. The van der Waals surface area contributed by atoms with E-state index in [0.29, 0.717) is 5.69 Å². The number of aromatic hydroxyl groups is 1. The van der Waals surface area contributed by atoms with Gasteiger partial charge in [0.15, 0.2) is 0 Å². The van der Waals surface area contributed by atoms with Crippen LogP contribution >= 0.6 is 11.6 Å². The molecule has 1 aromatic rings. The highest BCUT2D eigenvalue weighted by Crippen LogP contribution is 2.32. The standard InChI is InChI=1S/C11H11ClFNO4S/c12-9-2-1-8(4-10(9)15)14-5-7(3-11(14)16)6-19(13,17)18/h1-2,4,7,15H,3,5-6H2. The maximum atomic E-state index is 12.6. The Morgan fingerprint density at radius 3 is 2.74 bits per heavy atom. The van der Waals surface area contributed by atoms with E-state index in [-0.39, 0.29) is 29.6 Å². The van der Waals surface area contributed by atoms with E-state index in [4.69, 9.17) is 11.6 Å². The maximum Gasteiger partial charge on any atom is 0.302 e. The molecular weight excluding hydrogens is 297 g/mol. The van der Waals surface area contributed by atoms with Crippen LogP contribution in [0.4, 0.5) is 9.57 Å². The Labute approximate surface area is 114 Å². The van der Waals surface area contributed by atoms with Crippen LogP contribution < -0.4 is 4.90 Å². The summed E-state index contributed by atoms with van der Waals surface area (Å²) in [5.41, 5.74) is 0.408. The van der Waals surface area contributed by atoms with E-state index < -0.39 is 21.9 Å². The average molecular weight is 308 g/mol. The van der Waals surface area contributed by atoms with Crippen LogP contribution in [0.2, 0.25) is 5.02 Å². The van der Waals surface area contributed by atoms with Crippen LogP contribution in [0.25, 0.3) is 0 Å². The van der Waals surface area contributed by atoms with Crippen LogP contribution in [0, 0.1) is 5.92 Å². The highest BCUT2D eigenvalue weighted by molar-refractivity contribution is 7.86. The average Bonchev–Trinajstić information content (AvgIpc) is 2.61. The zero-order valence-electron chi connectivity index (χ0n) is 9.71. The summed E-state index contributed by atoms with van der Waals surface area (Å²) < 4.78 is 33.8. The second-order valence-electron chi connectivity index (χ2n) is 4.42. The van der Waals surface area contributed by atoms with Crippen molar-refractivity contribution in [1.82, 2.24) is 0 Å². The lowest BCUT2D eigenvalue weighted by Gasteiger charge is -2.17. The Bertz CT molecular complexity index is 619. The fraction of sp³-hybridized carbons (Fsp3) is 0.364. The molecule has 1 heterocycles. The van der Waals surface area contributed by atoms with E-state index in [1.807, 2.05) is 0 Å². The molecule has 0 bridgehead atoms. The molecule has 19 heavy (non-hydrogen) atoms. The second-order valence-corrected chi connectivity index (χ2v) is 6.23. The number of benzene rings is 1. The number of halogens is 2. The minimum Gasteiger partial charge on any atom is -0.506 e. The summed E-state index contributed by atoms with van der Waals surface area (Å²) in [5, 5.41) is 9.62. The van der Waals surface area contributed by atoms with Crippen LogP contribution in [0.1, 0.15) is 6.42 Å². The Morgan fingerprint density at radius 1 is 1.47 bits per heavy atom. The zero-order chi connectivity index (χ0) is 14.2. The number of nitrogens with zero attached hydrogens (tertiary/aromatic N) is 1. The fourth-order valence-electron chi connectivity index (χ4n) is 2.09. The van der Waals surface area contributed by atoms with Gasteiger partial charge in [-0.05, 0) is 12.1 Å². The van der Waals surface area contributed by atoms with Crippen molar-refractivity contribution in [2.45, 2.75) is 6.42 Å². The largest absolute Gasteiger partial charge is 0.506 e. The van der Waals surface area contributed by atoms with Crippen molar-refractivity contribution in [2.24, 2.45) is 5.92 Å². The quantitative estimate of drug-likeness (QED) is 0.862. The van der Waals surface area contributed by atoms with E-state index >= 15 is 0 Å². The molecule has 1 aliphatic heterocycles. The number of phenolic OH excluding ortho intramolecular Hbond substituents is 1. The molecule has 8 heteroatoms. The molecule has 2 rings (SSSR count). The monoisotopic (exact) mass is 307 g/mol. The molecule has 1 aliphatic rings. The predicted molar refractivity (Wildman–Crippen MR) is 68.5 cm³/mol. The van der Waals surface area contributed by atoms with Crippen molar-refractivity contribution in [2.75, 3.05) is 17.2 Å². The van der Waals surface area contributed by atoms with Crippen LogP contribution in [-0.2, 0) is 15.0 Å². The van der Waals surface area contributed by atoms with Gasteiger partial charge in [0.25, 0.3) is 0 Å². The van der Waals surface area contributed by atoms with Gasteiger partial charge in [-0.3, -0.25) is 4.79 Å². The van der Waals surface area contributed by atoms with Gasteiger partial charge in [-0.25, -0.2) is 0 Å². The molecule has 0 aliphatic carbocycles. The van der Waals surface area contributed by atoms with E-state index in [2.05, 4.69) is 0 Å². The van der Waals surface area contributed by atoms with Crippen LogP contribution in [0.3, 0.4) is 0 Å². The van der Waals surface area contributed by atoms with Gasteiger partial charge in [0.05, 0.1) is 10.8 Å². The van der Waals surface area contributed by atoms with Crippen molar-refractivity contribution in [3.63, 3.8) is 0 Å². The van der Waals surface area contributed by atoms with Crippen LogP contribution in [0.15, 0.2) is 18.2 Å². The number of anilines is 1. The van der Waals surface area contributed by atoms with Crippen molar-refractivity contribution in [1.29, 1.82) is 0 Å². The molecule has 0 aromatic heterocycles. The Balaban J connectivity index is 2.18. The third-order valence-electron chi connectivity index (χ3n) is 2.88. The number of carbonyl (C=O) groups excluding carboxylic acids is 1. The molecule has 0 radical (unpaired) electrons. The topological polar surface area (TPSA) is 74.7 Å². The molecule has 104 valence electrons. The molecule has 1 unspecified atom stereocenters. The Hall–Kier alpha value is -1.34. The van der Waals surface area contributed by atoms with Crippen LogP contribution in [-0.4, -0.2) is 31.7 Å². The van der Waals surface area contributed by atoms with E-state index in [9.17, 15) is 22.2 Å². The summed E-state index contributed by atoms with van der Waals surface area (Å²) in [4.78, 5) is 13.1. The molecule has 1 saturated heterocycles. The fourth-order valence-corrected chi connectivity index (χ4v) is 3.00. The highest BCUT2D eigenvalue weighted by Gasteiger charge is 2.33. The molecule has 1 atom stereocenters. The lowest BCUT2D eigenvalue weighted by Crippen LogP contribution is -2.25. The summed E-state index contributed by atoms with van der Waals surface area (Å²) in [7, 11) is -4.60. The van der Waals surface area contributed by atoms with Gasteiger partial charge in [0.1, 0.15) is 5.75 Å². The molecule has 5 nitrogen and oxygen atoms in total. The van der Waals surface area contributed by atoms with E-state index in [1.54, 1.807) is 0 Å². The predicted octanol–water partition coefficient (Wildman–Crippen LogP) is 1.70. The molecule has 1 fully saturated rings. The minimum atomic E-state index is -4.60. The highest BCUT2D eigenvalue weighted by atomic mass is 35.5. The number of hydrogen-bond donors (Lipinski definition) is 1. The minimum absolute atomic E-state index is 0.0352. The Kier molecular flexibility index (Phi) is 3.69. The third-order valence-corrected chi connectivity index (χ3v) is 4.07. The van der Waals surface area contributed by atoms with E-state index in [1.165, 1.54) is 23.1 Å². The van der Waals surface area contributed by atoms with Gasteiger partial charge in [0.2, 0.25) is 5.91 Å². The maximum absolute atomic E-state index is 12.6. The first-order chi connectivity index (χ1) is 8.76. The third kappa shape index (κ3) is 3.36. The SMILES string of the molecule is O=C1CC(CS(=O)(=O)F)CN1c1ccc(Cl)c(O)c1. The van der Waals surface area contributed by atoms with Gasteiger partial charge in [-0.15, -0.1) is 3.89 Å². The van der Waals surface area contributed by atoms with E-state index in [0.717, 1.165) is 0 Å². The first-order valence-electron chi connectivity index (χ1n) is 5.47. The zero-order valence-corrected chi connectivity index (χ0v) is 11.3. The van der Waals surface area contributed by atoms with Gasteiger partial charge in [-0.1, -0.05) is 11.6 Å². The Morgan fingerprint density at radius 2 is 2.16 bits per heavy atom.